The van der Waals surface area contributed by atoms with Crippen LogP contribution in [0, 0.1) is 6.92 Å². The van der Waals surface area contributed by atoms with Crippen LogP contribution >= 0.6 is 15.9 Å². The van der Waals surface area contributed by atoms with Gasteiger partial charge in [-0.2, -0.15) is 0 Å². The minimum Gasteiger partial charge on any atom is -0.322 e. The summed E-state index contributed by atoms with van der Waals surface area (Å²) in [4.78, 5) is 12.1. The van der Waals surface area contributed by atoms with Crippen molar-refractivity contribution in [1.82, 2.24) is 0 Å². The molecule has 1 amide bonds. The standard InChI is InChI=1S/C14H13BrN2O3S/c1-9-7-10(5-6-13(9)15)14(18)17-11-3-2-4-12(8-11)21(16,19)20/h2-8H,1H3,(H,17,18)(H2,16,19,20). The van der Waals surface area contributed by atoms with E-state index in [1.807, 2.05) is 6.92 Å². The van der Waals surface area contributed by atoms with Crippen molar-refractivity contribution in [3.05, 3.63) is 58.1 Å². The van der Waals surface area contributed by atoms with Gasteiger partial charge in [0, 0.05) is 15.7 Å². The molecule has 0 atom stereocenters. The Kier molecular flexibility index (Phi) is 4.46. The van der Waals surface area contributed by atoms with E-state index < -0.39 is 10.0 Å². The molecule has 0 fully saturated rings. The topological polar surface area (TPSA) is 89.3 Å². The van der Waals surface area contributed by atoms with Gasteiger partial charge in [0.2, 0.25) is 10.0 Å². The molecule has 0 aliphatic rings. The van der Waals surface area contributed by atoms with E-state index in [4.69, 9.17) is 5.14 Å². The van der Waals surface area contributed by atoms with Crippen LogP contribution in [0.2, 0.25) is 0 Å². The third kappa shape index (κ3) is 3.90. The lowest BCUT2D eigenvalue weighted by Gasteiger charge is -2.08. The van der Waals surface area contributed by atoms with E-state index in [0.717, 1.165) is 10.0 Å². The first-order chi connectivity index (χ1) is 9.77. The Balaban J connectivity index is 2.25. The summed E-state index contributed by atoms with van der Waals surface area (Å²) < 4.78 is 23.5. The highest BCUT2D eigenvalue weighted by Crippen LogP contribution is 2.19. The van der Waals surface area contributed by atoms with E-state index in [1.54, 1.807) is 24.3 Å². The van der Waals surface area contributed by atoms with Crippen LogP contribution in [0.15, 0.2) is 51.8 Å². The lowest BCUT2D eigenvalue weighted by molar-refractivity contribution is 0.102. The number of nitrogens with two attached hydrogens (primary N) is 1. The summed E-state index contributed by atoms with van der Waals surface area (Å²) in [7, 11) is -3.80. The molecule has 0 radical (unpaired) electrons. The lowest BCUT2D eigenvalue weighted by atomic mass is 10.1. The average Bonchev–Trinajstić information content (AvgIpc) is 2.41. The Morgan fingerprint density at radius 2 is 1.90 bits per heavy atom. The number of hydrogen-bond acceptors (Lipinski definition) is 3. The Morgan fingerprint density at radius 1 is 1.19 bits per heavy atom. The van der Waals surface area contributed by atoms with Crippen LogP contribution in [-0.4, -0.2) is 14.3 Å². The van der Waals surface area contributed by atoms with Gasteiger partial charge in [-0.05, 0) is 48.9 Å². The van der Waals surface area contributed by atoms with Crippen molar-refractivity contribution in [2.75, 3.05) is 5.32 Å². The minimum atomic E-state index is -3.80. The molecule has 2 aromatic carbocycles. The average molecular weight is 369 g/mol. The second-order valence-electron chi connectivity index (χ2n) is 4.49. The molecule has 0 saturated heterocycles. The predicted octanol–water partition coefficient (Wildman–Crippen LogP) is 2.66. The molecule has 21 heavy (non-hydrogen) atoms. The number of anilines is 1. The SMILES string of the molecule is Cc1cc(C(=O)Nc2cccc(S(N)(=O)=O)c2)ccc1Br. The second kappa shape index (κ2) is 5.97. The largest absolute Gasteiger partial charge is 0.322 e. The number of nitrogens with one attached hydrogen (secondary N) is 1. The van der Waals surface area contributed by atoms with Crippen LogP contribution in [0.25, 0.3) is 0 Å². The molecule has 0 bridgehead atoms. The van der Waals surface area contributed by atoms with E-state index in [2.05, 4.69) is 21.2 Å². The number of carbonyl (C=O) groups excluding carboxylic acids is 1. The van der Waals surface area contributed by atoms with Gasteiger partial charge in [-0.15, -0.1) is 0 Å². The van der Waals surface area contributed by atoms with Crippen molar-refractivity contribution >= 4 is 37.5 Å². The number of aryl methyl sites for hydroxylation is 1. The minimum absolute atomic E-state index is 0.0488. The van der Waals surface area contributed by atoms with Gasteiger partial charge in [-0.25, -0.2) is 13.6 Å². The van der Waals surface area contributed by atoms with Crippen molar-refractivity contribution < 1.29 is 13.2 Å². The maximum atomic E-state index is 12.1. The fourth-order valence-electron chi connectivity index (χ4n) is 1.74. The number of carbonyl (C=O) groups is 1. The highest BCUT2D eigenvalue weighted by molar-refractivity contribution is 9.10. The molecular weight excluding hydrogens is 356 g/mol. The molecule has 3 N–H and O–H groups in total. The van der Waals surface area contributed by atoms with E-state index in [-0.39, 0.29) is 10.8 Å². The van der Waals surface area contributed by atoms with Gasteiger partial charge in [0.25, 0.3) is 5.91 Å². The zero-order chi connectivity index (χ0) is 15.6. The highest BCUT2D eigenvalue weighted by Gasteiger charge is 2.11. The van der Waals surface area contributed by atoms with Crippen LogP contribution < -0.4 is 10.5 Å². The number of amides is 1. The number of primary sulfonamides is 1. The highest BCUT2D eigenvalue weighted by atomic mass is 79.9. The number of sulfonamides is 1. The first kappa shape index (κ1) is 15.7. The summed E-state index contributed by atoms with van der Waals surface area (Å²) in [5.74, 6) is -0.322. The molecule has 2 aromatic rings. The maximum Gasteiger partial charge on any atom is 0.255 e. The summed E-state index contributed by atoms with van der Waals surface area (Å²) in [6.45, 7) is 1.88. The first-order valence-corrected chi connectivity index (χ1v) is 8.31. The second-order valence-corrected chi connectivity index (χ2v) is 6.91. The summed E-state index contributed by atoms with van der Waals surface area (Å²) in [6.07, 6.45) is 0. The number of benzene rings is 2. The summed E-state index contributed by atoms with van der Waals surface area (Å²) in [5, 5.41) is 7.70. The molecule has 0 aliphatic carbocycles. The van der Waals surface area contributed by atoms with Crippen molar-refractivity contribution in [2.45, 2.75) is 11.8 Å². The molecule has 0 saturated carbocycles. The molecular formula is C14H13BrN2O3S. The Bertz CT molecular complexity index is 804. The maximum absolute atomic E-state index is 12.1. The van der Waals surface area contributed by atoms with Crippen molar-refractivity contribution in [2.24, 2.45) is 5.14 Å². The van der Waals surface area contributed by atoms with Crippen LogP contribution in [-0.2, 0) is 10.0 Å². The molecule has 7 heteroatoms. The Hall–Kier alpha value is -1.70. The van der Waals surface area contributed by atoms with Crippen LogP contribution in [0.1, 0.15) is 15.9 Å². The van der Waals surface area contributed by atoms with E-state index >= 15 is 0 Å². The van der Waals surface area contributed by atoms with Gasteiger partial charge in [-0.1, -0.05) is 22.0 Å². The van der Waals surface area contributed by atoms with E-state index in [1.165, 1.54) is 18.2 Å². The van der Waals surface area contributed by atoms with Crippen molar-refractivity contribution in [3.63, 3.8) is 0 Å². The van der Waals surface area contributed by atoms with E-state index in [9.17, 15) is 13.2 Å². The fraction of sp³-hybridized carbons (Fsp3) is 0.0714. The van der Waals surface area contributed by atoms with Crippen molar-refractivity contribution in [3.8, 4) is 0 Å². The zero-order valence-corrected chi connectivity index (χ0v) is 13.5. The fourth-order valence-corrected chi connectivity index (χ4v) is 2.55. The normalized spacial score (nSPS) is 11.2. The Morgan fingerprint density at radius 3 is 2.52 bits per heavy atom. The van der Waals surface area contributed by atoms with Gasteiger partial charge in [0.15, 0.2) is 0 Å². The van der Waals surface area contributed by atoms with Crippen LogP contribution in [0.4, 0.5) is 5.69 Å². The third-order valence-electron chi connectivity index (χ3n) is 2.84. The molecule has 0 heterocycles. The molecule has 5 nitrogen and oxygen atoms in total. The Labute approximate surface area is 131 Å². The van der Waals surface area contributed by atoms with Crippen molar-refractivity contribution in [1.29, 1.82) is 0 Å². The number of hydrogen-bond donors (Lipinski definition) is 2. The van der Waals surface area contributed by atoms with Gasteiger partial charge in [-0.3, -0.25) is 4.79 Å². The summed E-state index contributed by atoms with van der Waals surface area (Å²) >= 11 is 3.36. The zero-order valence-electron chi connectivity index (χ0n) is 11.1. The quantitative estimate of drug-likeness (QED) is 0.872. The monoisotopic (exact) mass is 368 g/mol. The molecule has 0 aromatic heterocycles. The first-order valence-electron chi connectivity index (χ1n) is 5.98. The number of halogens is 1. The molecule has 2 rings (SSSR count). The molecule has 0 aliphatic heterocycles. The lowest BCUT2D eigenvalue weighted by Crippen LogP contribution is -2.15. The smallest absolute Gasteiger partial charge is 0.255 e. The van der Waals surface area contributed by atoms with Gasteiger partial charge < -0.3 is 5.32 Å². The van der Waals surface area contributed by atoms with E-state index in [0.29, 0.717) is 11.3 Å². The molecule has 0 unspecified atom stereocenters. The van der Waals surface area contributed by atoms with Gasteiger partial charge in [0.1, 0.15) is 0 Å². The number of rotatable bonds is 3. The van der Waals surface area contributed by atoms with Gasteiger partial charge >= 0.3 is 0 Å². The third-order valence-corrected chi connectivity index (χ3v) is 4.64. The summed E-state index contributed by atoms with van der Waals surface area (Å²) in [6, 6.07) is 11.0. The molecule has 0 spiro atoms. The summed E-state index contributed by atoms with van der Waals surface area (Å²) in [5.41, 5.74) is 1.78. The van der Waals surface area contributed by atoms with Crippen LogP contribution in [0.3, 0.4) is 0 Å². The van der Waals surface area contributed by atoms with Gasteiger partial charge in [0.05, 0.1) is 4.90 Å². The molecule has 110 valence electrons. The van der Waals surface area contributed by atoms with Crippen LogP contribution in [0.5, 0.6) is 0 Å². The predicted molar refractivity (Wildman–Crippen MR) is 84.6 cm³/mol.